The summed E-state index contributed by atoms with van der Waals surface area (Å²) in [5.74, 6) is 2.06. The third kappa shape index (κ3) is 4.40. The topological polar surface area (TPSA) is 80.9 Å². The Labute approximate surface area is 247 Å². The van der Waals surface area contributed by atoms with Crippen LogP contribution in [0.25, 0.3) is 6.08 Å². The first kappa shape index (κ1) is 26.7. The number of phenolic OH excluding ortho intramolecular Hbond substituents is 1. The van der Waals surface area contributed by atoms with E-state index in [-0.39, 0.29) is 23.3 Å². The number of fused-ring (bicyclic) bond motifs is 1. The van der Waals surface area contributed by atoms with Crippen LogP contribution in [0.2, 0.25) is 5.02 Å². The summed E-state index contributed by atoms with van der Waals surface area (Å²) < 4.78 is 7.36. The molecule has 1 aliphatic heterocycles. The Bertz CT molecular complexity index is 1750. The minimum Gasteiger partial charge on any atom is -0.507 e. The van der Waals surface area contributed by atoms with Gasteiger partial charge < -0.3 is 9.84 Å². The van der Waals surface area contributed by atoms with Crippen LogP contribution in [0.4, 0.5) is 0 Å². The SMILES string of the molecule is CCOC(=O)C1=C(C)N=c2s/c(=C/c3cc(C45CC6CC(CC(C6)C4)C5)ccc3O)c(=O)n2[C@@H]1c1ccccc1Cl. The van der Waals surface area contributed by atoms with Crippen LogP contribution in [0.5, 0.6) is 5.75 Å². The summed E-state index contributed by atoms with van der Waals surface area (Å²) in [6.07, 6.45) is 9.54. The Balaban J connectivity index is 1.36. The molecule has 4 bridgehead atoms. The van der Waals surface area contributed by atoms with Gasteiger partial charge in [0.05, 0.1) is 22.4 Å². The van der Waals surface area contributed by atoms with Gasteiger partial charge in [-0.05, 0) is 111 Å². The number of aromatic hydroxyl groups is 1. The third-order valence-corrected chi connectivity index (χ3v) is 11.0. The van der Waals surface area contributed by atoms with Crippen molar-refractivity contribution in [2.24, 2.45) is 22.7 Å². The molecule has 5 aliphatic rings. The second-order valence-electron chi connectivity index (χ2n) is 12.3. The molecule has 1 atom stereocenters. The lowest BCUT2D eigenvalue weighted by molar-refractivity contribution is -0.139. The maximum absolute atomic E-state index is 14.0. The first-order valence-electron chi connectivity index (χ1n) is 14.5. The summed E-state index contributed by atoms with van der Waals surface area (Å²) in [5, 5.41) is 11.4. The average molecular weight is 589 g/mol. The quantitative estimate of drug-likeness (QED) is 0.392. The lowest BCUT2D eigenvalue weighted by atomic mass is 9.48. The molecule has 4 fully saturated rings. The van der Waals surface area contributed by atoms with Gasteiger partial charge >= 0.3 is 5.97 Å². The van der Waals surface area contributed by atoms with Crippen LogP contribution in [0.15, 0.2) is 63.5 Å². The standard InChI is InChI=1S/C33H33ClN2O4S/c1-3-40-31(39)28-18(2)35-32-36(29(28)24-6-4-5-7-25(24)34)30(38)27(41-32)14-22-13-23(8-9-26(22)37)33-15-19-10-20(16-33)12-21(11-19)17-33/h4-9,13-14,19-21,29,37H,3,10-12,15-17H2,1-2H3/b27-14+/t19?,20?,21?,29-,33?/m1/s1. The van der Waals surface area contributed by atoms with Gasteiger partial charge in [0.1, 0.15) is 11.8 Å². The summed E-state index contributed by atoms with van der Waals surface area (Å²) in [6, 6.07) is 12.4. The monoisotopic (exact) mass is 588 g/mol. The maximum atomic E-state index is 14.0. The van der Waals surface area contributed by atoms with Gasteiger partial charge in [0, 0.05) is 10.6 Å². The van der Waals surface area contributed by atoms with Gasteiger partial charge in [-0.3, -0.25) is 9.36 Å². The van der Waals surface area contributed by atoms with Crippen molar-refractivity contribution in [3.8, 4) is 5.75 Å². The minimum absolute atomic E-state index is 0.148. The number of allylic oxidation sites excluding steroid dienone is 1. The van der Waals surface area contributed by atoms with E-state index in [4.69, 9.17) is 16.3 Å². The van der Waals surface area contributed by atoms with Crippen LogP contribution in [0, 0.1) is 17.8 Å². The van der Waals surface area contributed by atoms with E-state index in [0.29, 0.717) is 36.8 Å². The van der Waals surface area contributed by atoms with Crippen molar-refractivity contribution < 1.29 is 14.6 Å². The van der Waals surface area contributed by atoms with Gasteiger partial charge in [0.25, 0.3) is 5.56 Å². The van der Waals surface area contributed by atoms with Gasteiger partial charge in [0.2, 0.25) is 0 Å². The molecule has 8 heteroatoms. The van der Waals surface area contributed by atoms with Crippen molar-refractivity contribution in [3.05, 3.63) is 95.1 Å². The zero-order chi connectivity index (χ0) is 28.5. The van der Waals surface area contributed by atoms with E-state index in [0.717, 1.165) is 17.8 Å². The van der Waals surface area contributed by atoms with Crippen LogP contribution >= 0.6 is 22.9 Å². The van der Waals surface area contributed by atoms with Crippen molar-refractivity contribution in [2.45, 2.75) is 63.8 Å². The number of nitrogens with zero attached hydrogens (tertiary/aromatic N) is 2. The number of rotatable bonds is 5. The molecule has 2 heterocycles. The Hall–Kier alpha value is -3.16. The zero-order valence-corrected chi connectivity index (χ0v) is 24.8. The number of benzene rings is 2. The highest BCUT2D eigenvalue weighted by molar-refractivity contribution is 7.07. The Kier molecular flexibility index (Phi) is 6.51. The van der Waals surface area contributed by atoms with E-state index < -0.39 is 12.0 Å². The summed E-state index contributed by atoms with van der Waals surface area (Å²) in [7, 11) is 0. The van der Waals surface area contributed by atoms with Crippen LogP contribution < -0.4 is 14.9 Å². The van der Waals surface area contributed by atoms with Gasteiger partial charge in [-0.25, -0.2) is 9.79 Å². The molecule has 0 unspecified atom stereocenters. The Morgan fingerprint density at radius 2 is 1.83 bits per heavy atom. The molecule has 4 aliphatic carbocycles. The molecule has 6 nitrogen and oxygen atoms in total. The van der Waals surface area contributed by atoms with Gasteiger partial charge in [-0.2, -0.15) is 0 Å². The second-order valence-corrected chi connectivity index (χ2v) is 13.7. The fraction of sp³-hybridized carbons (Fsp3) is 0.424. The first-order chi connectivity index (χ1) is 19.8. The zero-order valence-electron chi connectivity index (χ0n) is 23.2. The number of hydrogen-bond donors (Lipinski definition) is 1. The van der Waals surface area contributed by atoms with E-state index in [1.165, 1.54) is 60.0 Å². The fourth-order valence-electron chi connectivity index (χ4n) is 8.39. The molecule has 0 saturated heterocycles. The predicted octanol–water partition coefficient (Wildman–Crippen LogP) is 5.63. The van der Waals surface area contributed by atoms with E-state index in [9.17, 15) is 14.7 Å². The van der Waals surface area contributed by atoms with Crippen LogP contribution in [-0.2, 0) is 14.9 Å². The lowest BCUT2D eigenvalue weighted by Gasteiger charge is -2.57. The van der Waals surface area contributed by atoms with Crippen LogP contribution in [-0.4, -0.2) is 22.2 Å². The maximum Gasteiger partial charge on any atom is 0.338 e. The summed E-state index contributed by atoms with van der Waals surface area (Å²) in [6.45, 7) is 3.71. The van der Waals surface area contributed by atoms with Gasteiger partial charge in [0.15, 0.2) is 4.80 Å². The lowest BCUT2D eigenvalue weighted by Crippen LogP contribution is -2.48. The first-order valence-corrected chi connectivity index (χ1v) is 15.7. The van der Waals surface area contributed by atoms with Crippen molar-refractivity contribution in [3.63, 3.8) is 0 Å². The number of thiazole rings is 1. The largest absolute Gasteiger partial charge is 0.507 e. The highest BCUT2D eigenvalue weighted by atomic mass is 35.5. The van der Waals surface area contributed by atoms with Crippen molar-refractivity contribution in [2.75, 3.05) is 6.61 Å². The van der Waals surface area contributed by atoms with E-state index in [2.05, 4.69) is 17.1 Å². The van der Waals surface area contributed by atoms with Gasteiger partial charge in [-0.1, -0.05) is 47.2 Å². The number of halogens is 1. The molecule has 0 spiro atoms. The number of phenols is 1. The fourth-order valence-corrected chi connectivity index (χ4v) is 9.66. The normalized spacial score (nSPS) is 28.5. The number of carbonyl (C=O) groups excluding carboxylic acids is 1. The van der Waals surface area contributed by atoms with Crippen LogP contribution in [0.1, 0.15) is 75.1 Å². The molecular formula is C33H33ClN2O4S. The van der Waals surface area contributed by atoms with E-state index in [1.807, 2.05) is 18.2 Å². The molecule has 3 aromatic rings. The summed E-state index contributed by atoms with van der Waals surface area (Å²) >= 11 is 7.87. The molecule has 41 heavy (non-hydrogen) atoms. The van der Waals surface area contributed by atoms with Crippen molar-refractivity contribution in [1.29, 1.82) is 0 Å². The molecule has 8 rings (SSSR count). The minimum atomic E-state index is -0.770. The summed E-state index contributed by atoms with van der Waals surface area (Å²) in [4.78, 5) is 32.3. The Morgan fingerprint density at radius 1 is 1.15 bits per heavy atom. The molecule has 4 saturated carbocycles. The molecule has 0 radical (unpaired) electrons. The van der Waals surface area contributed by atoms with Crippen LogP contribution in [0.3, 0.4) is 0 Å². The van der Waals surface area contributed by atoms with Crippen molar-refractivity contribution in [1.82, 2.24) is 4.57 Å². The van der Waals surface area contributed by atoms with Crippen molar-refractivity contribution >= 4 is 35.0 Å². The smallest absolute Gasteiger partial charge is 0.338 e. The van der Waals surface area contributed by atoms with Gasteiger partial charge in [-0.15, -0.1) is 0 Å². The average Bonchev–Trinajstić information content (AvgIpc) is 3.23. The molecule has 0 amide bonds. The number of aromatic nitrogens is 1. The number of hydrogen-bond acceptors (Lipinski definition) is 6. The molecule has 1 N–H and O–H groups in total. The Morgan fingerprint density at radius 3 is 2.49 bits per heavy atom. The van der Waals surface area contributed by atoms with E-state index >= 15 is 0 Å². The summed E-state index contributed by atoms with van der Waals surface area (Å²) in [5.41, 5.74) is 3.23. The number of esters is 1. The number of carbonyl (C=O) groups is 1. The third-order valence-electron chi connectivity index (χ3n) is 9.68. The highest BCUT2D eigenvalue weighted by Gasteiger charge is 2.51. The molecule has 2 aromatic carbocycles. The number of ether oxygens (including phenoxy) is 1. The molecule has 212 valence electrons. The highest BCUT2D eigenvalue weighted by Crippen LogP contribution is 2.60. The van der Waals surface area contributed by atoms with E-state index in [1.54, 1.807) is 32.1 Å². The predicted molar refractivity (Wildman–Crippen MR) is 160 cm³/mol. The molecular weight excluding hydrogens is 556 g/mol. The second kappa shape index (κ2) is 9.99. The molecule has 1 aromatic heterocycles.